The average Bonchev–Trinajstić information content (AvgIpc) is 3.13. The predicted octanol–water partition coefficient (Wildman–Crippen LogP) is 5.65. The summed E-state index contributed by atoms with van der Waals surface area (Å²) in [5.74, 6) is 1.08. The number of fused-ring (bicyclic) bond motifs is 1. The first kappa shape index (κ1) is 15.3. The Morgan fingerprint density at radius 3 is 2.48 bits per heavy atom. The third kappa shape index (κ3) is 2.74. The summed E-state index contributed by atoms with van der Waals surface area (Å²) >= 11 is 0. The van der Waals surface area contributed by atoms with E-state index in [1.54, 1.807) is 0 Å². The zero-order valence-corrected chi connectivity index (χ0v) is 14.2. The summed E-state index contributed by atoms with van der Waals surface area (Å²) in [4.78, 5) is 0. The molecule has 3 heteroatoms. The molecule has 0 bridgehead atoms. The maximum absolute atomic E-state index is 6.05. The van der Waals surface area contributed by atoms with Crippen LogP contribution in [-0.4, -0.2) is 10.2 Å². The predicted molar refractivity (Wildman–Crippen MR) is 101 cm³/mol. The van der Waals surface area contributed by atoms with Gasteiger partial charge in [-0.15, -0.1) is 10.2 Å². The van der Waals surface area contributed by atoms with E-state index in [2.05, 4.69) is 47.5 Å². The first-order valence-electron chi connectivity index (χ1n) is 8.32. The molecule has 3 nitrogen and oxygen atoms in total. The van der Waals surface area contributed by atoms with E-state index in [1.165, 1.54) is 5.56 Å². The maximum Gasteiger partial charge on any atom is 0.248 e. The molecular weight excluding hydrogens is 308 g/mol. The molecule has 1 aromatic heterocycles. The topological polar surface area (TPSA) is 38.9 Å². The van der Waals surface area contributed by atoms with Crippen molar-refractivity contribution < 1.29 is 4.42 Å². The number of aryl methyl sites for hydroxylation is 1. The number of hydrogen-bond acceptors (Lipinski definition) is 3. The SMILES string of the molecule is C/C=C(/c1nnc(-c2cccc3ccccc23)o1)c1ccccc1C. The fraction of sp³-hybridized carbons (Fsp3) is 0.0909. The molecule has 0 aliphatic carbocycles. The summed E-state index contributed by atoms with van der Waals surface area (Å²) in [5, 5.41) is 10.9. The van der Waals surface area contributed by atoms with E-state index in [4.69, 9.17) is 4.42 Å². The van der Waals surface area contributed by atoms with Crippen molar-refractivity contribution in [3.8, 4) is 11.5 Å². The summed E-state index contributed by atoms with van der Waals surface area (Å²) in [6.07, 6.45) is 2.02. The van der Waals surface area contributed by atoms with Crippen LogP contribution in [-0.2, 0) is 0 Å². The second kappa shape index (κ2) is 6.36. The lowest BCUT2D eigenvalue weighted by molar-refractivity contribution is 0.554. The van der Waals surface area contributed by atoms with Crippen molar-refractivity contribution in [3.63, 3.8) is 0 Å². The molecule has 0 fully saturated rings. The largest absolute Gasteiger partial charge is 0.416 e. The highest BCUT2D eigenvalue weighted by Crippen LogP contribution is 2.31. The lowest BCUT2D eigenvalue weighted by Crippen LogP contribution is -1.91. The lowest BCUT2D eigenvalue weighted by Gasteiger charge is -2.06. The molecule has 122 valence electrons. The van der Waals surface area contributed by atoms with Crippen LogP contribution in [0.3, 0.4) is 0 Å². The smallest absolute Gasteiger partial charge is 0.248 e. The van der Waals surface area contributed by atoms with Crippen molar-refractivity contribution >= 4 is 16.3 Å². The van der Waals surface area contributed by atoms with Gasteiger partial charge in [-0.3, -0.25) is 0 Å². The monoisotopic (exact) mass is 326 g/mol. The van der Waals surface area contributed by atoms with Gasteiger partial charge in [0.05, 0.1) is 0 Å². The van der Waals surface area contributed by atoms with E-state index in [0.29, 0.717) is 11.8 Å². The van der Waals surface area contributed by atoms with Crippen molar-refractivity contribution in [3.05, 3.63) is 89.8 Å². The summed E-state index contributed by atoms with van der Waals surface area (Å²) in [7, 11) is 0. The highest BCUT2D eigenvalue weighted by molar-refractivity contribution is 5.94. The minimum absolute atomic E-state index is 0.541. The van der Waals surface area contributed by atoms with Crippen LogP contribution in [0.5, 0.6) is 0 Å². The molecule has 4 rings (SSSR count). The molecule has 0 atom stereocenters. The summed E-state index contributed by atoms with van der Waals surface area (Å²) in [5.41, 5.74) is 4.20. The fourth-order valence-corrected chi connectivity index (χ4v) is 3.12. The Bertz CT molecular complexity index is 1070. The van der Waals surface area contributed by atoms with Gasteiger partial charge in [-0.05, 0) is 41.8 Å². The zero-order valence-electron chi connectivity index (χ0n) is 14.2. The third-order valence-corrected chi connectivity index (χ3v) is 4.40. The van der Waals surface area contributed by atoms with Crippen molar-refractivity contribution in [1.82, 2.24) is 10.2 Å². The number of benzene rings is 3. The van der Waals surface area contributed by atoms with Crippen LogP contribution in [0.2, 0.25) is 0 Å². The van der Waals surface area contributed by atoms with E-state index < -0.39 is 0 Å². The van der Waals surface area contributed by atoms with Gasteiger partial charge in [0.2, 0.25) is 11.8 Å². The van der Waals surface area contributed by atoms with Gasteiger partial charge in [0.25, 0.3) is 0 Å². The molecule has 0 radical (unpaired) electrons. The first-order chi connectivity index (χ1) is 12.3. The normalized spacial score (nSPS) is 11.8. The molecule has 0 aliphatic heterocycles. The molecule has 4 aromatic rings. The molecule has 0 saturated carbocycles. The Labute approximate surface area is 146 Å². The molecule has 1 heterocycles. The number of aromatic nitrogens is 2. The minimum Gasteiger partial charge on any atom is -0.416 e. The molecular formula is C22H18N2O. The van der Waals surface area contributed by atoms with Crippen molar-refractivity contribution in [2.24, 2.45) is 0 Å². The van der Waals surface area contributed by atoms with Crippen molar-refractivity contribution in [2.75, 3.05) is 0 Å². The van der Waals surface area contributed by atoms with E-state index in [9.17, 15) is 0 Å². The Kier molecular flexibility index (Phi) is 3.90. The van der Waals surface area contributed by atoms with Crippen LogP contribution < -0.4 is 0 Å². The second-order valence-corrected chi connectivity index (χ2v) is 5.96. The number of hydrogen-bond donors (Lipinski definition) is 0. The van der Waals surface area contributed by atoms with Gasteiger partial charge in [0.1, 0.15) is 0 Å². The fourth-order valence-electron chi connectivity index (χ4n) is 3.12. The Hall–Kier alpha value is -3.20. The van der Waals surface area contributed by atoms with E-state index in [1.807, 2.05) is 49.4 Å². The molecule has 25 heavy (non-hydrogen) atoms. The van der Waals surface area contributed by atoms with E-state index in [-0.39, 0.29) is 0 Å². The highest BCUT2D eigenvalue weighted by Gasteiger charge is 2.16. The average molecular weight is 326 g/mol. The van der Waals surface area contributed by atoms with Gasteiger partial charge in [-0.1, -0.05) is 66.7 Å². The standard InChI is InChI=1S/C22H18N2O/c1-3-17(18-12-6-4-9-15(18)2)21-23-24-22(25-21)20-14-8-11-16-10-5-7-13-19(16)20/h3-14H,1-2H3/b17-3+. The molecule has 3 aromatic carbocycles. The van der Waals surface area contributed by atoms with Gasteiger partial charge < -0.3 is 4.42 Å². The molecule has 0 saturated heterocycles. The van der Waals surface area contributed by atoms with Gasteiger partial charge in [0, 0.05) is 11.1 Å². The Balaban J connectivity index is 1.81. The van der Waals surface area contributed by atoms with Crippen molar-refractivity contribution in [2.45, 2.75) is 13.8 Å². The van der Waals surface area contributed by atoms with Crippen LogP contribution >= 0.6 is 0 Å². The van der Waals surface area contributed by atoms with Crippen LogP contribution in [0.25, 0.3) is 27.8 Å². The molecule has 0 unspecified atom stereocenters. The van der Waals surface area contributed by atoms with Gasteiger partial charge in [-0.2, -0.15) is 0 Å². The molecule has 0 amide bonds. The Morgan fingerprint density at radius 1 is 0.880 bits per heavy atom. The summed E-state index contributed by atoms with van der Waals surface area (Å²) < 4.78 is 6.05. The molecule has 0 aliphatic rings. The second-order valence-electron chi connectivity index (χ2n) is 5.96. The van der Waals surface area contributed by atoms with Gasteiger partial charge in [-0.25, -0.2) is 0 Å². The van der Waals surface area contributed by atoms with E-state index in [0.717, 1.165) is 27.5 Å². The Morgan fingerprint density at radius 2 is 1.64 bits per heavy atom. The number of nitrogens with zero attached hydrogens (tertiary/aromatic N) is 2. The highest BCUT2D eigenvalue weighted by atomic mass is 16.4. The number of allylic oxidation sites excluding steroid dienone is 1. The van der Waals surface area contributed by atoms with Crippen LogP contribution in [0.4, 0.5) is 0 Å². The maximum atomic E-state index is 6.05. The molecule has 0 N–H and O–H groups in total. The van der Waals surface area contributed by atoms with Crippen LogP contribution in [0, 0.1) is 6.92 Å². The minimum atomic E-state index is 0.541. The third-order valence-electron chi connectivity index (χ3n) is 4.40. The van der Waals surface area contributed by atoms with Gasteiger partial charge >= 0.3 is 0 Å². The first-order valence-corrected chi connectivity index (χ1v) is 8.32. The lowest BCUT2D eigenvalue weighted by atomic mass is 10.0. The quantitative estimate of drug-likeness (QED) is 0.488. The van der Waals surface area contributed by atoms with Crippen LogP contribution in [0.15, 0.2) is 77.2 Å². The van der Waals surface area contributed by atoms with Gasteiger partial charge in [0.15, 0.2) is 0 Å². The summed E-state index contributed by atoms with van der Waals surface area (Å²) in [6, 6.07) is 22.5. The van der Waals surface area contributed by atoms with Crippen LogP contribution in [0.1, 0.15) is 23.9 Å². The summed E-state index contributed by atoms with van der Waals surface area (Å²) in [6.45, 7) is 4.07. The van der Waals surface area contributed by atoms with E-state index >= 15 is 0 Å². The van der Waals surface area contributed by atoms with Crippen molar-refractivity contribution in [1.29, 1.82) is 0 Å². The zero-order chi connectivity index (χ0) is 17.2. The molecule has 0 spiro atoms. The number of rotatable bonds is 3.